The fraction of sp³-hybridized carbons (Fsp3) is 0.923. The molecule has 0 aromatic carbocycles. The Hall–Kier alpha value is -0.710. The van der Waals surface area contributed by atoms with Crippen LogP contribution in [0.3, 0.4) is 0 Å². The van der Waals surface area contributed by atoms with Crippen LogP contribution in [0.2, 0.25) is 0 Å². The van der Waals surface area contributed by atoms with E-state index in [1.807, 2.05) is 0 Å². The smallest absolute Gasteiger partial charge is 0.248 e. The van der Waals surface area contributed by atoms with Gasteiger partial charge in [0.15, 0.2) is 0 Å². The minimum atomic E-state index is -2.65. The maximum absolute atomic E-state index is 13.2. The van der Waals surface area contributed by atoms with Gasteiger partial charge in [0.25, 0.3) is 0 Å². The lowest BCUT2D eigenvalue weighted by molar-refractivity contribution is -0.132. The van der Waals surface area contributed by atoms with Crippen molar-refractivity contribution < 1.29 is 13.6 Å². The highest BCUT2D eigenvalue weighted by molar-refractivity contribution is 5.78. The number of rotatable bonds is 4. The quantitative estimate of drug-likeness (QED) is 0.812. The summed E-state index contributed by atoms with van der Waals surface area (Å²) >= 11 is 0. The van der Waals surface area contributed by atoms with Crippen LogP contribution in [0.15, 0.2) is 0 Å². The lowest BCUT2D eigenvalue weighted by Gasteiger charge is -2.28. The second-order valence-electron chi connectivity index (χ2n) is 5.52. The summed E-state index contributed by atoms with van der Waals surface area (Å²) in [5, 5.41) is 6.16. The molecule has 1 aliphatic heterocycles. The summed E-state index contributed by atoms with van der Waals surface area (Å²) in [7, 11) is 0. The third-order valence-electron chi connectivity index (χ3n) is 3.97. The molecule has 1 amide bonds. The van der Waals surface area contributed by atoms with E-state index in [0.29, 0.717) is 25.4 Å². The standard InChI is InChI=1S/C13H22F2N2O/c14-13(15)6-1-3-10(9-13)12(18)17-8-5-11-4-2-7-16-11/h10-11,16H,1-9H2,(H,17,18)/t10?,11-/m1/s1. The number of carbonyl (C=O) groups is 1. The predicted octanol–water partition coefficient (Wildman–Crippen LogP) is 2.07. The zero-order chi connectivity index (χ0) is 13.0. The first-order valence-corrected chi connectivity index (χ1v) is 6.96. The Morgan fingerprint density at radius 1 is 1.33 bits per heavy atom. The first-order valence-electron chi connectivity index (χ1n) is 6.96. The summed E-state index contributed by atoms with van der Waals surface area (Å²) in [5.74, 6) is -3.33. The van der Waals surface area contributed by atoms with Crippen LogP contribution >= 0.6 is 0 Å². The van der Waals surface area contributed by atoms with Crippen LogP contribution in [-0.4, -0.2) is 31.0 Å². The molecule has 0 radical (unpaired) electrons. The van der Waals surface area contributed by atoms with Gasteiger partial charge in [-0.05, 0) is 38.6 Å². The highest BCUT2D eigenvalue weighted by atomic mass is 19.3. The van der Waals surface area contributed by atoms with Crippen molar-refractivity contribution in [3.8, 4) is 0 Å². The van der Waals surface area contributed by atoms with Gasteiger partial charge in [-0.3, -0.25) is 4.79 Å². The van der Waals surface area contributed by atoms with E-state index in [2.05, 4.69) is 10.6 Å². The molecule has 2 atom stereocenters. The number of alkyl halides is 2. The summed E-state index contributed by atoms with van der Waals surface area (Å²) < 4.78 is 26.4. The lowest BCUT2D eigenvalue weighted by Crippen LogP contribution is -2.39. The van der Waals surface area contributed by atoms with Crippen molar-refractivity contribution in [2.75, 3.05) is 13.1 Å². The molecule has 1 aliphatic carbocycles. The van der Waals surface area contributed by atoms with Gasteiger partial charge in [-0.2, -0.15) is 0 Å². The molecule has 1 unspecified atom stereocenters. The normalized spacial score (nSPS) is 31.2. The average Bonchev–Trinajstić information content (AvgIpc) is 2.80. The van der Waals surface area contributed by atoms with E-state index >= 15 is 0 Å². The van der Waals surface area contributed by atoms with Crippen LogP contribution in [0.25, 0.3) is 0 Å². The molecule has 0 aromatic rings. The van der Waals surface area contributed by atoms with E-state index in [4.69, 9.17) is 0 Å². The lowest BCUT2D eigenvalue weighted by atomic mass is 9.86. The average molecular weight is 260 g/mol. The van der Waals surface area contributed by atoms with Crippen LogP contribution in [0.1, 0.15) is 44.9 Å². The molecule has 0 spiro atoms. The largest absolute Gasteiger partial charge is 0.356 e. The summed E-state index contributed by atoms with van der Waals surface area (Å²) in [5.41, 5.74) is 0. The second kappa shape index (κ2) is 5.95. The Bertz CT molecular complexity index is 291. The third-order valence-corrected chi connectivity index (χ3v) is 3.97. The monoisotopic (exact) mass is 260 g/mol. The molecule has 104 valence electrons. The maximum atomic E-state index is 13.2. The maximum Gasteiger partial charge on any atom is 0.248 e. The van der Waals surface area contributed by atoms with Crippen LogP contribution in [0.4, 0.5) is 8.78 Å². The summed E-state index contributed by atoms with van der Waals surface area (Å²) in [4.78, 5) is 11.8. The highest BCUT2D eigenvalue weighted by Gasteiger charge is 2.38. The minimum Gasteiger partial charge on any atom is -0.356 e. The summed E-state index contributed by atoms with van der Waals surface area (Å²) in [6.07, 6.45) is 3.95. The van der Waals surface area contributed by atoms with Crippen molar-refractivity contribution in [2.45, 2.75) is 56.9 Å². The molecule has 0 aromatic heterocycles. The third kappa shape index (κ3) is 3.90. The zero-order valence-corrected chi connectivity index (χ0v) is 10.7. The predicted molar refractivity (Wildman–Crippen MR) is 65.6 cm³/mol. The van der Waals surface area contributed by atoms with Gasteiger partial charge in [-0.25, -0.2) is 8.78 Å². The van der Waals surface area contributed by atoms with Gasteiger partial charge in [0.2, 0.25) is 11.8 Å². The Balaban J connectivity index is 1.67. The summed E-state index contributed by atoms with van der Waals surface area (Å²) in [6.45, 7) is 1.64. The molecule has 2 rings (SSSR count). The molecule has 5 heteroatoms. The van der Waals surface area contributed by atoms with Crippen LogP contribution in [-0.2, 0) is 4.79 Å². The molecule has 2 fully saturated rings. The van der Waals surface area contributed by atoms with Crippen molar-refractivity contribution in [3.63, 3.8) is 0 Å². The number of nitrogens with one attached hydrogen (secondary N) is 2. The van der Waals surface area contributed by atoms with E-state index in [1.54, 1.807) is 0 Å². The molecule has 2 N–H and O–H groups in total. The molecule has 1 saturated heterocycles. The SMILES string of the molecule is O=C(NCC[C@H]1CCCN1)C1CCCC(F)(F)C1. The van der Waals surface area contributed by atoms with Gasteiger partial charge in [0.1, 0.15) is 0 Å². The minimum absolute atomic E-state index is 0.0667. The van der Waals surface area contributed by atoms with Gasteiger partial charge < -0.3 is 10.6 Å². The van der Waals surface area contributed by atoms with Gasteiger partial charge in [-0.1, -0.05) is 0 Å². The Kier molecular flexibility index (Phi) is 4.54. The summed E-state index contributed by atoms with van der Waals surface area (Å²) in [6, 6.07) is 0.484. The van der Waals surface area contributed by atoms with Gasteiger partial charge >= 0.3 is 0 Å². The number of amides is 1. The second-order valence-corrected chi connectivity index (χ2v) is 5.52. The van der Waals surface area contributed by atoms with Gasteiger partial charge in [0.05, 0.1) is 0 Å². The van der Waals surface area contributed by atoms with Crippen LogP contribution < -0.4 is 10.6 Å². The Labute approximate surface area is 107 Å². The van der Waals surface area contributed by atoms with E-state index in [9.17, 15) is 13.6 Å². The molecular weight excluding hydrogens is 238 g/mol. The first kappa shape index (κ1) is 13.7. The van der Waals surface area contributed by atoms with Crippen molar-refractivity contribution in [1.82, 2.24) is 10.6 Å². The first-order chi connectivity index (χ1) is 8.57. The van der Waals surface area contributed by atoms with Crippen molar-refractivity contribution in [3.05, 3.63) is 0 Å². The van der Waals surface area contributed by atoms with E-state index in [1.165, 1.54) is 6.42 Å². The van der Waals surface area contributed by atoms with Gasteiger partial charge in [-0.15, -0.1) is 0 Å². The van der Waals surface area contributed by atoms with Crippen molar-refractivity contribution in [2.24, 2.45) is 5.92 Å². The van der Waals surface area contributed by atoms with Gasteiger partial charge in [0, 0.05) is 31.3 Å². The van der Waals surface area contributed by atoms with Crippen molar-refractivity contribution in [1.29, 1.82) is 0 Å². The molecule has 3 nitrogen and oxygen atoms in total. The Morgan fingerprint density at radius 3 is 2.83 bits per heavy atom. The zero-order valence-electron chi connectivity index (χ0n) is 10.7. The van der Waals surface area contributed by atoms with E-state index in [-0.39, 0.29) is 18.7 Å². The number of carbonyl (C=O) groups excluding carboxylic acids is 1. The van der Waals surface area contributed by atoms with E-state index in [0.717, 1.165) is 19.4 Å². The highest BCUT2D eigenvalue weighted by Crippen LogP contribution is 2.36. The molecule has 1 heterocycles. The van der Waals surface area contributed by atoms with Crippen LogP contribution in [0.5, 0.6) is 0 Å². The molecule has 18 heavy (non-hydrogen) atoms. The fourth-order valence-electron chi connectivity index (χ4n) is 2.91. The van der Waals surface area contributed by atoms with E-state index < -0.39 is 11.8 Å². The molecular formula is C13H22F2N2O. The number of hydrogen-bond donors (Lipinski definition) is 2. The fourth-order valence-corrected chi connectivity index (χ4v) is 2.91. The van der Waals surface area contributed by atoms with Crippen molar-refractivity contribution >= 4 is 5.91 Å². The molecule has 1 saturated carbocycles. The Morgan fingerprint density at radius 2 is 2.17 bits per heavy atom. The van der Waals surface area contributed by atoms with Crippen LogP contribution in [0, 0.1) is 5.92 Å². The number of hydrogen-bond acceptors (Lipinski definition) is 2. The number of halogens is 2. The molecule has 0 bridgehead atoms. The topological polar surface area (TPSA) is 41.1 Å². The molecule has 2 aliphatic rings.